The third-order valence-corrected chi connectivity index (χ3v) is 9.85. The second-order valence-electron chi connectivity index (χ2n) is 12.4. The summed E-state index contributed by atoms with van der Waals surface area (Å²) >= 11 is 7.04. The predicted molar refractivity (Wildman–Crippen MR) is 157 cm³/mol. The molecule has 0 bridgehead atoms. The third kappa shape index (κ3) is 5.42. The van der Waals surface area contributed by atoms with Crippen LogP contribution in [-0.4, -0.2) is 20.0 Å². The summed E-state index contributed by atoms with van der Waals surface area (Å²) in [6.07, 6.45) is 1.95. The number of nitrogens with one attached hydrogen (secondary N) is 1. The molecule has 2 aromatic rings. The quantitative estimate of drug-likeness (QED) is 0.343. The lowest BCUT2D eigenvalue weighted by Gasteiger charge is -2.44. The van der Waals surface area contributed by atoms with Gasteiger partial charge in [0.15, 0.2) is 17.3 Å². The van der Waals surface area contributed by atoms with Gasteiger partial charge in [0, 0.05) is 51.3 Å². The van der Waals surface area contributed by atoms with Gasteiger partial charge in [-0.1, -0.05) is 61.3 Å². The summed E-state index contributed by atoms with van der Waals surface area (Å²) in [6, 6.07) is 9.88. The first kappa shape index (κ1) is 28.3. The van der Waals surface area contributed by atoms with Crippen molar-refractivity contribution in [1.29, 1.82) is 0 Å². The number of dihydropyridines is 1. The number of allylic oxidation sites excluding steroid dienone is 4. The van der Waals surface area contributed by atoms with Crippen molar-refractivity contribution in [3.63, 3.8) is 0 Å². The number of aryl methyl sites for hydroxylation is 1. The maximum atomic E-state index is 13.7. The van der Waals surface area contributed by atoms with Gasteiger partial charge < -0.3 is 9.50 Å². The van der Waals surface area contributed by atoms with E-state index in [4.69, 9.17) is 4.18 Å². The first-order chi connectivity index (χ1) is 18.1. The van der Waals surface area contributed by atoms with E-state index in [2.05, 4.69) is 64.9 Å². The standard InChI is InChI=1S/C30H31Br2NO5S/c1-16-6-8-18(9-7-16)39(36,37)38-28-19(10-17(31)11-20(28)32)25-26-21(12-29(2,3)14-23(26)34)33-22-13-30(4,5)15-24(35)27(22)25/h6-11,25,33H,12-15H2,1-5H3. The van der Waals surface area contributed by atoms with Crippen LogP contribution >= 0.6 is 31.9 Å². The molecule has 0 radical (unpaired) electrons. The molecule has 3 aliphatic rings. The van der Waals surface area contributed by atoms with Crippen LogP contribution < -0.4 is 9.50 Å². The molecule has 1 aliphatic heterocycles. The Kier molecular flexibility index (Phi) is 7.04. The fraction of sp³-hybridized carbons (Fsp3) is 0.400. The topological polar surface area (TPSA) is 89.5 Å². The van der Waals surface area contributed by atoms with Crippen molar-refractivity contribution < 1.29 is 22.2 Å². The molecule has 0 saturated heterocycles. The van der Waals surface area contributed by atoms with Crippen LogP contribution in [0.25, 0.3) is 0 Å². The summed E-state index contributed by atoms with van der Waals surface area (Å²) < 4.78 is 33.7. The molecule has 0 atom stereocenters. The zero-order chi connectivity index (χ0) is 28.5. The van der Waals surface area contributed by atoms with Crippen LogP contribution in [0.15, 0.2) is 72.8 Å². The van der Waals surface area contributed by atoms with Gasteiger partial charge in [-0.3, -0.25) is 9.59 Å². The molecule has 206 valence electrons. The lowest BCUT2D eigenvalue weighted by Crippen LogP contribution is -2.42. The van der Waals surface area contributed by atoms with Crippen molar-refractivity contribution >= 4 is 53.5 Å². The Bertz CT molecular complexity index is 1530. The summed E-state index contributed by atoms with van der Waals surface area (Å²) in [5.41, 5.74) is 3.52. The van der Waals surface area contributed by atoms with E-state index >= 15 is 0 Å². The van der Waals surface area contributed by atoms with E-state index in [9.17, 15) is 18.0 Å². The number of hydrogen-bond donors (Lipinski definition) is 1. The Balaban J connectivity index is 1.74. The second kappa shape index (κ2) is 9.70. The maximum Gasteiger partial charge on any atom is 0.339 e. The van der Waals surface area contributed by atoms with E-state index in [1.807, 2.05) is 6.92 Å². The summed E-state index contributed by atoms with van der Waals surface area (Å²) in [7, 11) is -4.21. The summed E-state index contributed by atoms with van der Waals surface area (Å²) in [6.45, 7) is 10.1. The molecule has 9 heteroatoms. The molecular formula is C30H31Br2NO5S. The predicted octanol–water partition coefficient (Wildman–Crippen LogP) is 7.26. The highest BCUT2D eigenvalue weighted by molar-refractivity contribution is 9.11. The molecule has 0 fully saturated rings. The van der Waals surface area contributed by atoms with Gasteiger partial charge in [0.25, 0.3) is 0 Å². The van der Waals surface area contributed by atoms with Gasteiger partial charge in [0.1, 0.15) is 4.90 Å². The number of hydrogen-bond acceptors (Lipinski definition) is 6. The van der Waals surface area contributed by atoms with E-state index in [1.54, 1.807) is 24.3 Å². The second-order valence-corrected chi connectivity index (χ2v) is 15.7. The lowest BCUT2D eigenvalue weighted by molar-refractivity contribution is -0.119. The molecule has 0 saturated carbocycles. The van der Waals surface area contributed by atoms with Crippen molar-refractivity contribution in [2.24, 2.45) is 10.8 Å². The van der Waals surface area contributed by atoms with Crippen molar-refractivity contribution in [2.75, 3.05) is 0 Å². The van der Waals surface area contributed by atoms with Crippen molar-refractivity contribution in [1.82, 2.24) is 5.32 Å². The van der Waals surface area contributed by atoms with Crippen LogP contribution in [-0.2, 0) is 19.7 Å². The molecule has 6 nitrogen and oxygen atoms in total. The number of carbonyl (C=O) groups excluding carboxylic acids is 2. The molecular weight excluding hydrogens is 646 g/mol. The normalized spacial score (nSPS) is 20.9. The molecule has 1 heterocycles. The zero-order valence-electron chi connectivity index (χ0n) is 22.6. The monoisotopic (exact) mass is 675 g/mol. The first-order valence-electron chi connectivity index (χ1n) is 12.9. The Labute approximate surface area is 246 Å². The van der Waals surface area contributed by atoms with Gasteiger partial charge in [0.05, 0.1) is 4.47 Å². The molecule has 39 heavy (non-hydrogen) atoms. The highest BCUT2D eigenvalue weighted by Gasteiger charge is 2.47. The van der Waals surface area contributed by atoms with Crippen LogP contribution in [0, 0.1) is 17.8 Å². The Morgan fingerprint density at radius 3 is 1.87 bits per heavy atom. The van der Waals surface area contributed by atoms with Crippen LogP contribution in [0.1, 0.15) is 70.4 Å². The molecule has 0 unspecified atom stereocenters. The molecule has 5 rings (SSSR count). The molecule has 0 spiro atoms. The smallest absolute Gasteiger partial charge is 0.339 e. The molecule has 0 amide bonds. The van der Waals surface area contributed by atoms with E-state index in [0.29, 0.717) is 51.3 Å². The van der Waals surface area contributed by atoms with Crippen molar-refractivity contribution in [2.45, 2.75) is 71.1 Å². The van der Waals surface area contributed by atoms with E-state index < -0.39 is 16.0 Å². The summed E-state index contributed by atoms with van der Waals surface area (Å²) in [4.78, 5) is 27.5. The summed E-state index contributed by atoms with van der Waals surface area (Å²) in [5.74, 6) is -0.780. The SMILES string of the molecule is Cc1ccc(S(=O)(=O)Oc2c(Br)cc(Br)cc2C2C3=C(CC(C)(C)CC3=O)NC3=C2C(=O)CC(C)(C)C3)cc1. The minimum atomic E-state index is -4.21. The minimum Gasteiger partial charge on any atom is -0.377 e. The Morgan fingerprint density at radius 2 is 1.36 bits per heavy atom. The van der Waals surface area contributed by atoms with E-state index in [1.165, 1.54) is 12.1 Å². The van der Waals surface area contributed by atoms with Crippen molar-refractivity contribution in [3.05, 3.63) is 79.0 Å². The van der Waals surface area contributed by atoms with Gasteiger partial charge in [-0.25, -0.2) is 0 Å². The third-order valence-electron chi connectivity index (χ3n) is 7.57. The van der Waals surface area contributed by atoms with Gasteiger partial charge >= 0.3 is 10.1 Å². The van der Waals surface area contributed by atoms with Gasteiger partial charge in [0.2, 0.25) is 0 Å². The number of ketones is 2. The van der Waals surface area contributed by atoms with Gasteiger partial charge in [-0.2, -0.15) is 8.42 Å². The first-order valence-corrected chi connectivity index (χ1v) is 15.9. The largest absolute Gasteiger partial charge is 0.377 e. The lowest BCUT2D eigenvalue weighted by atomic mass is 9.64. The average Bonchev–Trinajstić information content (AvgIpc) is 2.78. The van der Waals surface area contributed by atoms with Crippen LogP contribution in [0.2, 0.25) is 0 Å². The van der Waals surface area contributed by atoms with Crippen molar-refractivity contribution in [3.8, 4) is 5.75 Å². The number of halogens is 2. The summed E-state index contributed by atoms with van der Waals surface area (Å²) in [5, 5.41) is 3.49. The highest BCUT2D eigenvalue weighted by Crippen LogP contribution is 2.53. The molecule has 1 N–H and O–H groups in total. The highest BCUT2D eigenvalue weighted by atomic mass is 79.9. The Hall–Kier alpha value is -2.23. The minimum absolute atomic E-state index is 0.0185. The molecule has 2 aliphatic carbocycles. The van der Waals surface area contributed by atoms with Gasteiger partial charge in [-0.05, 0) is 70.8 Å². The van der Waals surface area contributed by atoms with Crippen LogP contribution in [0.4, 0.5) is 0 Å². The zero-order valence-corrected chi connectivity index (χ0v) is 26.6. The number of benzene rings is 2. The molecule has 2 aromatic carbocycles. The van der Waals surface area contributed by atoms with Crippen LogP contribution in [0.5, 0.6) is 5.75 Å². The Morgan fingerprint density at radius 1 is 0.846 bits per heavy atom. The van der Waals surface area contributed by atoms with Gasteiger partial charge in [-0.15, -0.1) is 0 Å². The van der Waals surface area contributed by atoms with E-state index in [0.717, 1.165) is 17.0 Å². The number of rotatable bonds is 4. The number of carbonyl (C=O) groups is 2. The maximum absolute atomic E-state index is 13.7. The molecule has 0 aromatic heterocycles. The average molecular weight is 677 g/mol. The fourth-order valence-electron chi connectivity index (χ4n) is 5.95. The number of Topliss-reactive ketones (excluding diaryl/α,β-unsaturated/α-hetero) is 2. The van der Waals surface area contributed by atoms with E-state index in [-0.39, 0.29) is 33.0 Å². The van der Waals surface area contributed by atoms with Crippen LogP contribution in [0.3, 0.4) is 0 Å². The fourth-order valence-corrected chi connectivity index (χ4v) is 8.36.